The Morgan fingerprint density at radius 1 is 1.11 bits per heavy atom. The van der Waals surface area contributed by atoms with Crippen LogP contribution < -0.4 is 5.32 Å². The molecule has 2 aromatic rings. The van der Waals surface area contributed by atoms with E-state index in [1.54, 1.807) is 24.3 Å². The molecule has 0 atom stereocenters. The molecule has 1 aliphatic heterocycles. The highest BCUT2D eigenvalue weighted by atomic mass is 16.5. The Bertz CT molecular complexity index is 836. The number of ether oxygens (including phenoxy) is 1. The third-order valence-electron chi connectivity index (χ3n) is 4.10. The average molecular weight is 367 g/mol. The van der Waals surface area contributed by atoms with Crippen molar-refractivity contribution >= 4 is 23.3 Å². The lowest BCUT2D eigenvalue weighted by atomic mass is 10.1. The molecule has 7 nitrogen and oxygen atoms in total. The number of esters is 1. The van der Waals surface area contributed by atoms with Crippen LogP contribution >= 0.6 is 0 Å². The molecule has 0 fully saturated rings. The van der Waals surface area contributed by atoms with Crippen molar-refractivity contribution in [2.75, 3.05) is 31.6 Å². The molecule has 3 rings (SSSR count). The zero-order chi connectivity index (χ0) is 19.1. The molecule has 140 valence electrons. The van der Waals surface area contributed by atoms with Crippen LogP contribution in [0.1, 0.15) is 22.3 Å². The van der Waals surface area contributed by atoms with Crippen molar-refractivity contribution in [1.82, 2.24) is 5.01 Å². The molecule has 1 aliphatic rings. The van der Waals surface area contributed by atoms with Gasteiger partial charge in [0.2, 0.25) is 0 Å². The number of nitrogens with one attached hydrogen (secondary N) is 1. The van der Waals surface area contributed by atoms with Gasteiger partial charge in [0.05, 0.1) is 24.4 Å². The zero-order valence-electron chi connectivity index (χ0n) is 14.8. The normalized spacial score (nSPS) is 13.2. The molecule has 0 saturated heterocycles. The molecule has 27 heavy (non-hydrogen) atoms. The van der Waals surface area contributed by atoms with Gasteiger partial charge in [0.1, 0.15) is 0 Å². The van der Waals surface area contributed by atoms with Crippen LogP contribution in [0.5, 0.6) is 0 Å². The van der Waals surface area contributed by atoms with E-state index in [4.69, 9.17) is 9.84 Å². The first-order valence-corrected chi connectivity index (χ1v) is 8.73. The predicted molar refractivity (Wildman–Crippen MR) is 102 cm³/mol. The highest BCUT2D eigenvalue weighted by molar-refractivity contribution is 6.03. The fourth-order valence-electron chi connectivity index (χ4n) is 2.76. The molecular formula is C20H21N3O4. The Hall–Kier alpha value is -3.19. The second kappa shape index (κ2) is 8.95. The Morgan fingerprint density at radius 3 is 2.63 bits per heavy atom. The zero-order valence-corrected chi connectivity index (χ0v) is 14.8. The quantitative estimate of drug-likeness (QED) is 0.729. The van der Waals surface area contributed by atoms with Crippen LogP contribution in [-0.4, -0.2) is 54.0 Å². The van der Waals surface area contributed by atoms with Crippen molar-refractivity contribution in [3.05, 3.63) is 65.7 Å². The van der Waals surface area contributed by atoms with Gasteiger partial charge in [-0.05, 0) is 17.7 Å². The summed E-state index contributed by atoms with van der Waals surface area (Å²) in [6, 6.07) is 16.5. The summed E-state index contributed by atoms with van der Waals surface area (Å²) in [5.41, 5.74) is 2.69. The highest BCUT2D eigenvalue weighted by Crippen LogP contribution is 2.17. The first kappa shape index (κ1) is 18.6. The van der Waals surface area contributed by atoms with Crippen LogP contribution in [0, 0.1) is 0 Å². The van der Waals surface area contributed by atoms with Crippen molar-refractivity contribution < 1.29 is 19.4 Å². The summed E-state index contributed by atoms with van der Waals surface area (Å²) in [5.74, 6) is -0.967. The first-order chi connectivity index (χ1) is 13.2. The molecule has 2 aromatic carbocycles. The third-order valence-corrected chi connectivity index (χ3v) is 4.10. The standard InChI is InChI=1S/C20H21N3O4/c24-13-11-21-18-9-5-4-8-16(18)20(26)27-14-19(25)23-12-10-17(22-23)15-6-2-1-3-7-15/h1-9,21,24H,10-14H2. The smallest absolute Gasteiger partial charge is 0.340 e. The van der Waals surface area contributed by atoms with Gasteiger partial charge in [-0.3, -0.25) is 4.79 Å². The maximum atomic E-state index is 12.3. The Balaban J connectivity index is 1.58. The second-order valence-corrected chi connectivity index (χ2v) is 5.95. The van der Waals surface area contributed by atoms with Crippen molar-refractivity contribution in [2.45, 2.75) is 6.42 Å². The Kier molecular flexibility index (Phi) is 6.17. The van der Waals surface area contributed by atoms with Crippen LogP contribution in [-0.2, 0) is 9.53 Å². The lowest BCUT2D eigenvalue weighted by Crippen LogP contribution is -2.29. The van der Waals surface area contributed by atoms with E-state index in [0.717, 1.165) is 11.3 Å². The number of carbonyl (C=O) groups is 2. The number of anilines is 1. The van der Waals surface area contributed by atoms with Gasteiger partial charge in [-0.15, -0.1) is 0 Å². The molecule has 0 bridgehead atoms. The highest BCUT2D eigenvalue weighted by Gasteiger charge is 2.23. The summed E-state index contributed by atoms with van der Waals surface area (Å²) in [4.78, 5) is 24.6. The summed E-state index contributed by atoms with van der Waals surface area (Å²) in [6.07, 6.45) is 0.664. The molecule has 0 spiro atoms. The molecule has 0 aromatic heterocycles. The average Bonchev–Trinajstić information content (AvgIpc) is 3.21. The summed E-state index contributed by atoms with van der Waals surface area (Å²) in [5, 5.41) is 17.5. The number of amides is 1. The van der Waals surface area contributed by atoms with Crippen molar-refractivity contribution in [2.24, 2.45) is 5.10 Å². The summed E-state index contributed by atoms with van der Waals surface area (Å²) in [6.45, 7) is 0.348. The topological polar surface area (TPSA) is 91.2 Å². The third kappa shape index (κ3) is 4.71. The van der Waals surface area contributed by atoms with E-state index >= 15 is 0 Å². The fraction of sp³-hybridized carbons (Fsp3) is 0.250. The van der Waals surface area contributed by atoms with E-state index in [1.165, 1.54) is 5.01 Å². The van der Waals surface area contributed by atoms with Crippen LogP contribution in [0.3, 0.4) is 0 Å². The minimum absolute atomic E-state index is 0.0570. The second-order valence-electron chi connectivity index (χ2n) is 5.95. The summed E-state index contributed by atoms with van der Waals surface area (Å²) in [7, 11) is 0. The first-order valence-electron chi connectivity index (χ1n) is 8.73. The van der Waals surface area contributed by atoms with Crippen LogP contribution in [0.4, 0.5) is 5.69 Å². The van der Waals surface area contributed by atoms with E-state index in [0.29, 0.717) is 30.8 Å². The predicted octanol–water partition coefficient (Wildman–Crippen LogP) is 1.88. The van der Waals surface area contributed by atoms with Crippen LogP contribution in [0.25, 0.3) is 0 Å². The van der Waals surface area contributed by atoms with Gasteiger partial charge in [0.25, 0.3) is 5.91 Å². The number of carbonyl (C=O) groups excluding carboxylic acids is 2. The molecule has 0 radical (unpaired) electrons. The van der Waals surface area contributed by atoms with Gasteiger partial charge in [0, 0.05) is 18.7 Å². The fourth-order valence-corrected chi connectivity index (χ4v) is 2.76. The number of aliphatic hydroxyl groups excluding tert-OH is 1. The monoisotopic (exact) mass is 367 g/mol. The Labute approximate surface area is 157 Å². The van der Waals surface area contributed by atoms with E-state index in [-0.39, 0.29) is 19.1 Å². The summed E-state index contributed by atoms with van der Waals surface area (Å²) < 4.78 is 5.16. The lowest BCUT2D eigenvalue weighted by molar-refractivity contribution is -0.134. The molecule has 1 amide bonds. The van der Waals surface area contributed by atoms with Gasteiger partial charge >= 0.3 is 5.97 Å². The molecule has 0 unspecified atom stereocenters. The SMILES string of the molecule is O=C(OCC(=O)N1CCC(c2ccccc2)=N1)c1ccccc1NCCO. The van der Waals surface area contributed by atoms with Crippen molar-refractivity contribution in [1.29, 1.82) is 0 Å². The summed E-state index contributed by atoms with van der Waals surface area (Å²) >= 11 is 0. The molecule has 7 heteroatoms. The van der Waals surface area contributed by atoms with Crippen LogP contribution in [0.15, 0.2) is 59.7 Å². The van der Waals surface area contributed by atoms with E-state index in [2.05, 4.69) is 10.4 Å². The lowest BCUT2D eigenvalue weighted by Gasteiger charge is -2.13. The van der Waals surface area contributed by atoms with Crippen molar-refractivity contribution in [3.8, 4) is 0 Å². The maximum Gasteiger partial charge on any atom is 0.340 e. The molecule has 0 saturated carbocycles. The number of hydrogen-bond donors (Lipinski definition) is 2. The van der Waals surface area contributed by atoms with E-state index in [1.807, 2.05) is 30.3 Å². The molecule has 2 N–H and O–H groups in total. The largest absolute Gasteiger partial charge is 0.452 e. The van der Waals surface area contributed by atoms with Crippen molar-refractivity contribution in [3.63, 3.8) is 0 Å². The number of aliphatic hydroxyl groups is 1. The van der Waals surface area contributed by atoms with Gasteiger partial charge in [-0.2, -0.15) is 5.10 Å². The van der Waals surface area contributed by atoms with E-state index in [9.17, 15) is 9.59 Å². The minimum atomic E-state index is -0.601. The van der Waals surface area contributed by atoms with E-state index < -0.39 is 5.97 Å². The Morgan fingerprint density at radius 2 is 1.85 bits per heavy atom. The van der Waals surface area contributed by atoms with Gasteiger partial charge in [-0.25, -0.2) is 9.80 Å². The molecule has 0 aliphatic carbocycles. The maximum absolute atomic E-state index is 12.3. The van der Waals surface area contributed by atoms with Gasteiger partial charge in [-0.1, -0.05) is 42.5 Å². The number of nitrogens with zero attached hydrogens (tertiary/aromatic N) is 2. The molecular weight excluding hydrogens is 346 g/mol. The van der Waals surface area contributed by atoms with Gasteiger partial charge < -0.3 is 15.2 Å². The number of benzene rings is 2. The van der Waals surface area contributed by atoms with Gasteiger partial charge in [0.15, 0.2) is 6.61 Å². The number of para-hydroxylation sites is 1. The molecule has 1 heterocycles. The number of hydrogen-bond acceptors (Lipinski definition) is 6. The number of rotatable bonds is 7. The number of hydrazone groups is 1. The minimum Gasteiger partial charge on any atom is -0.452 e. The van der Waals surface area contributed by atoms with Crippen LogP contribution in [0.2, 0.25) is 0 Å².